The standard InChI is InChI=1S/C70H136O17P2/c1-9-63(8)49-41-33-27-29-35-43-51-68(73)81-57-66(87-70(75)53-45-37-28-26-32-40-48-62(6)7)59-85-89(78,79)83-55-64(71)54-82-88(76,77)84-58-65(56-80-67(72)50-42-34-24-21-17-19-23-31-39-47-61(4)5)86-69(74)52-44-36-25-20-16-14-12-10-11-13-15-18-22-30-38-46-60(2)3/h60-66,71H,9-59H2,1-8H3,(H,76,77)(H,78,79)/t63?,64-,65-,66-/m1/s1. The van der Waals surface area contributed by atoms with Gasteiger partial charge in [0.2, 0.25) is 0 Å². The van der Waals surface area contributed by atoms with Gasteiger partial charge in [-0.3, -0.25) is 37.3 Å². The minimum absolute atomic E-state index is 0.101. The molecule has 0 fully saturated rings. The Morgan fingerprint density at radius 2 is 0.539 bits per heavy atom. The molecule has 0 heterocycles. The molecule has 0 amide bonds. The number of phosphoric ester groups is 2. The van der Waals surface area contributed by atoms with Crippen LogP contribution in [0.1, 0.15) is 344 Å². The molecule has 0 spiro atoms. The lowest BCUT2D eigenvalue weighted by atomic mass is 10.00. The van der Waals surface area contributed by atoms with E-state index in [-0.39, 0.29) is 25.7 Å². The summed E-state index contributed by atoms with van der Waals surface area (Å²) in [5.74, 6) is 0.812. The van der Waals surface area contributed by atoms with Crippen LogP contribution in [0.3, 0.4) is 0 Å². The number of hydrogen-bond acceptors (Lipinski definition) is 15. The van der Waals surface area contributed by atoms with Gasteiger partial charge < -0.3 is 33.8 Å². The van der Waals surface area contributed by atoms with Crippen molar-refractivity contribution in [2.45, 2.75) is 363 Å². The molecule has 0 aromatic heterocycles. The monoisotopic (exact) mass is 1310 g/mol. The van der Waals surface area contributed by atoms with Gasteiger partial charge in [-0.1, -0.05) is 293 Å². The Kier molecular flexibility index (Phi) is 58.5. The van der Waals surface area contributed by atoms with E-state index in [0.717, 1.165) is 114 Å². The van der Waals surface area contributed by atoms with Crippen LogP contribution in [0, 0.1) is 23.7 Å². The third-order valence-electron chi connectivity index (χ3n) is 16.4. The lowest BCUT2D eigenvalue weighted by molar-refractivity contribution is -0.161. The van der Waals surface area contributed by atoms with Gasteiger partial charge in [0.15, 0.2) is 12.2 Å². The van der Waals surface area contributed by atoms with Crippen LogP contribution in [0.25, 0.3) is 0 Å². The number of hydrogen-bond donors (Lipinski definition) is 3. The largest absolute Gasteiger partial charge is 0.472 e. The maximum Gasteiger partial charge on any atom is 0.472 e. The Balaban J connectivity index is 5.22. The Hall–Kier alpha value is -1.94. The van der Waals surface area contributed by atoms with E-state index < -0.39 is 97.5 Å². The third kappa shape index (κ3) is 63.2. The van der Waals surface area contributed by atoms with E-state index in [1.807, 2.05) is 0 Å². The van der Waals surface area contributed by atoms with Crippen LogP contribution in [-0.2, 0) is 65.4 Å². The second kappa shape index (κ2) is 59.8. The summed E-state index contributed by atoms with van der Waals surface area (Å²) >= 11 is 0. The highest BCUT2D eigenvalue weighted by atomic mass is 31.2. The molecule has 0 saturated carbocycles. The lowest BCUT2D eigenvalue weighted by Gasteiger charge is -2.21. The predicted octanol–water partition coefficient (Wildman–Crippen LogP) is 19.7. The predicted molar refractivity (Wildman–Crippen MR) is 358 cm³/mol. The molecule has 89 heavy (non-hydrogen) atoms. The van der Waals surface area contributed by atoms with E-state index in [2.05, 4.69) is 55.4 Å². The maximum absolute atomic E-state index is 13.0. The van der Waals surface area contributed by atoms with Crippen LogP contribution in [0.15, 0.2) is 0 Å². The summed E-state index contributed by atoms with van der Waals surface area (Å²) in [4.78, 5) is 72.5. The first-order chi connectivity index (χ1) is 42.6. The summed E-state index contributed by atoms with van der Waals surface area (Å²) in [5.41, 5.74) is 0. The van der Waals surface area contributed by atoms with Crippen molar-refractivity contribution in [3.05, 3.63) is 0 Å². The van der Waals surface area contributed by atoms with E-state index in [0.29, 0.717) is 31.6 Å². The number of carbonyl (C=O) groups is 4. The van der Waals surface area contributed by atoms with Crippen molar-refractivity contribution in [3.8, 4) is 0 Å². The number of aliphatic hydroxyl groups excluding tert-OH is 1. The number of carbonyl (C=O) groups excluding carboxylic acids is 4. The first-order valence-electron chi connectivity index (χ1n) is 36.2. The van der Waals surface area contributed by atoms with Crippen molar-refractivity contribution in [1.82, 2.24) is 0 Å². The first kappa shape index (κ1) is 87.1. The molecule has 3 N–H and O–H groups in total. The zero-order valence-corrected chi connectivity index (χ0v) is 59.8. The van der Waals surface area contributed by atoms with E-state index in [9.17, 15) is 43.2 Å². The highest BCUT2D eigenvalue weighted by Crippen LogP contribution is 2.45. The molecule has 0 bridgehead atoms. The number of unbranched alkanes of at least 4 members (excludes halogenated alkanes) is 32. The molecule has 0 rings (SSSR count). The van der Waals surface area contributed by atoms with Gasteiger partial charge >= 0.3 is 39.5 Å². The second-order valence-electron chi connectivity index (χ2n) is 26.9. The van der Waals surface area contributed by atoms with Gasteiger partial charge in [-0.25, -0.2) is 9.13 Å². The molecule has 0 aliphatic heterocycles. The van der Waals surface area contributed by atoms with Gasteiger partial charge in [0.25, 0.3) is 0 Å². The SMILES string of the molecule is CCC(C)CCCCCCCCC(=O)OC[C@H](COP(=O)(O)OC[C@H](O)COP(=O)(O)OC[C@@H](COC(=O)CCCCCCCCCCCC(C)C)OC(=O)CCCCCCCCCCCCCCCCCC(C)C)OC(=O)CCCCCCCCC(C)C. The number of phosphoric acid groups is 2. The van der Waals surface area contributed by atoms with Gasteiger partial charge in [0.05, 0.1) is 26.4 Å². The Morgan fingerprint density at radius 1 is 0.315 bits per heavy atom. The Labute approximate surface area is 543 Å². The minimum atomic E-state index is -4.95. The Bertz CT molecular complexity index is 1770. The molecule has 0 radical (unpaired) electrons. The topological polar surface area (TPSA) is 237 Å². The normalized spacial score (nSPS) is 14.6. The molecular formula is C70H136O17P2. The Morgan fingerprint density at radius 3 is 0.798 bits per heavy atom. The average Bonchev–Trinajstić information content (AvgIpc) is 3.69. The van der Waals surface area contributed by atoms with Gasteiger partial charge in [0, 0.05) is 25.7 Å². The van der Waals surface area contributed by atoms with Gasteiger partial charge in [-0.2, -0.15) is 0 Å². The number of ether oxygens (including phenoxy) is 4. The van der Waals surface area contributed by atoms with Crippen LogP contribution in [0.5, 0.6) is 0 Å². The van der Waals surface area contributed by atoms with Crippen molar-refractivity contribution >= 4 is 39.5 Å². The molecule has 3 unspecified atom stereocenters. The zero-order valence-electron chi connectivity index (χ0n) is 58.1. The highest BCUT2D eigenvalue weighted by Gasteiger charge is 2.30. The summed E-state index contributed by atoms with van der Waals surface area (Å²) < 4.78 is 68.2. The van der Waals surface area contributed by atoms with Crippen molar-refractivity contribution in [1.29, 1.82) is 0 Å². The van der Waals surface area contributed by atoms with Crippen molar-refractivity contribution < 1.29 is 80.2 Å². The second-order valence-corrected chi connectivity index (χ2v) is 29.8. The van der Waals surface area contributed by atoms with E-state index in [1.54, 1.807) is 0 Å². The molecule has 17 nitrogen and oxygen atoms in total. The highest BCUT2D eigenvalue weighted by molar-refractivity contribution is 7.47. The quantitative estimate of drug-likeness (QED) is 0.0222. The van der Waals surface area contributed by atoms with E-state index >= 15 is 0 Å². The summed E-state index contributed by atoms with van der Waals surface area (Å²) in [5, 5.41) is 10.6. The van der Waals surface area contributed by atoms with Crippen molar-refractivity contribution in [2.24, 2.45) is 23.7 Å². The summed E-state index contributed by atoms with van der Waals surface area (Å²) in [6.45, 7) is 14.0. The smallest absolute Gasteiger partial charge is 0.462 e. The summed E-state index contributed by atoms with van der Waals surface area (Å²) in [6, 6.07) is 0. The molecule has 0 aliphatic rings. The molecule has 0 aromatic carbocycles. The fraction of sp³-hybridized carbons (Fsp3) is 0.943. The van der Waals surface area contributed by atoms with Crippen LogP contribution >= 0.6 is 15.6 Å². The average molecular weight is 1310 g/mol. The first-order valence-corrected chi connectivity index (χ1v) is 39.2. The minimum Gasteiger partial charge on any atom is -0.462 e. The summed E-state index contributed by atoms with van der Waals surface area (Å²) in [6.07, 6.45) is 42.0. The van der Waals surface area contributed by atoms with Crippen LogP contribution < -0.4 is 0 Å². The molecule has 0 saturated heterocycles. The zero-order chi connectivity index (χ0) is 66.1. The van der Waals surface area contributed by atoms with Gasteiger partial charge in [-0.15, -0.1) is 0 Å². The van der Waals surface area contributed by atoms with E-state index in [1.165, 1.54) is 141 Å². The third-order valence-corrected chi connectivity index (χ3v) is 18.3. The number of esters is 4. The van der Waals surface area contributed by atoms with Crippen LogP contribution in [-0.4, -0.2) is 96.7 Å². The maximum atomic E-state index is 13.0. The van der Waals surface area contributed by atoms with Crippen LogP contribution in [0.4, 0.5) is 0 Å². The fourth-order valence-corrected chi connectivity index (χ4v) is 12.0. The molecule has 0 aliphatic carbocycles. The molecule has 0 aromatic rings. The summed E-state index contributed by atoms with van der Waals surface area (Å²) in [7, 11) is -9.90. The van der Waals surface area contributed by atoms with Crippen LogP contribution in [0.2, 0.25) is 0 Å². The van der Waals surface area contributed by atoms with E-state index in [4.69, 9.17) is 37.0 Å². The number of rotatable bonds is 67. The number of aliphatic hydroxyl groups is 1. The fourth-order valence-electron chi connectivity index (χ4n) is 10.5. The molecule has 19 heteroatoms. The van der Waals surface area contributed by atoms with Gasteiger partial charge in [-0.05, 0) is 49.4 Å². The lowest BCUT2D eigenvalue weighted by Crippen LogP contribution is -2.30. The van der Waals surface area contributed by atoms with Crippen molar-refractivity contribution in [2.75, 3.05) is 39.6 Å². The molecule has 528 valence electrons. The van der Waals surface area contributed by atoms with Gasteiger partial charge in [0.1, 0.15) is 19.3 Å². The van der Waals surface area contributed by atoms with Crippen molar-refractivity contribution in [3.63, 3.8) is 0 Å². The molecule has 6 atom stereocenters. The molecular weight excluding hydrogens is 1170 g/mol.